The van der Waals surface area contributed by atoms with E-state index in [0.29, 0.717) is 0 Å². The molecule has 1 aliphatic carbocycles. The fourth-order valence-corrected chi connectivity index (χ4v) is 0.728. The normalized spacial score (nSPS) is 14.5. The minimum Gasteiger partial charge on any atom is -0.382 e. The molecule has 2 nitrogen and oxygen atoms in total. The molecule has 0 fully saturated rings. The highest BCUT2D eigenvalue weighted by atomic mass is 16.5. The number of carbonyl (C=O) groups excluding carboxylic acids is 1. The first-order valence-electron chi connectivity index (χ1n) is 4.08. The molecule has 0 spiro atoms. The smallest absolute Gasteiger partial charge is 0.155 e. The molecule has 0 radical (unpaired) electrons. The third-order valence-electron chi connectivity index (χ3n) is 1.27. The summed E-state index contributed by atoms with van der Waals surface area (Å²) in [6, 6.07) is 0. The second kappa shape index (κ2) is 7.48. The van der Waals surface area contributed by atoms with Crippen LogP contribution in [-0.2, 0) is 9.53 Å². The van der Waals surface area contributed by atoms with Gasteiger partial charge in [0, 0.05) is 19.6 Å². The molecule has 0 aromatic carbocycles. The van der Waals surface area contributed by atoms with E-state index in [9.17, 15) is 4.79 Å². The summed E-state index contributed by atoms with van der Waals surface area (Å²) in [5, 5.41) is 0. The zero-order valence-electron chi connectivity index (χ0n) is 7.30. The molecule has 0 saturated carbocycles. The van der Waals surface area contributed by atoms with Crippen LogP contribution in [0.4, 0.5) is 0 Å². The minimum atomic E-state index is 0.273. The van der Waals surface area contributed by atoms with E-state index in [1.807, 2.05) is 19.9 Å². The lowest BCUT2D eigenvalue weighted by atomic mass is 10.3. The average molecular weight is 156 g/mol. The summed E-state index contributed by atoms with van der Waals surface area (Å²) in [5.41, 5.74) is 0. The summed E-state index contributed by atoms with van der Waals surface area (Å²) in [7, 11) is 0. The Kier molecular flexibility index (Phi) is 7.05. The second-order valence-corrected chi connectivity index (χ2v) is 2.19. The molecule has 64 valence electrons. The van der Waals surface area contributed by atoms with Gasteiger partial charge in [-0.25, -0.2) is 0 Å². The molecule has 0 unspecified atom stereocenters. The first kappa shape index (κ1) is 10.4. The molecule has 0 amide bonds. The molecule has 2 heteroatoms. The van der Waals surface area contributed by atoms with Crippen LogP contribution < -0.4 is 0 Å². The Labute approximate surface area is 68.2 Å². The highest BCUT2D eigenvalue weighted by Gasteiger charge is 1.98. The van der Waals surface area contributed by atoms with Gasteiger partial charge >= 0.3 is 0 Å². The van der Waals surface area contributed by atoms with Crippen molar-refractivity contribution < 1.29 is 9.53 Å². The molecule has 0 N–H and O–H groups in total. The molecular weight excluding hydrogens is 140 g/mol. The molecule has 11 heavy (non-hydrogen) atoms. The van der Waals surface area contributed by atoms with Crippen LogP contribution in [0.25, 0.3) is 0 Å². The minimum absolute atomic E-state index is 0.273. The number of hydrogen-bond donors (Lipinski definition) is 0. The summed E-state index contributed by atoms with van der Waals surface area (Å²) in [5.74, 6) is 0.273. The number of allylic oxidation sites excluding steroid dienone is 2. The van der Waals surface area contributed by atoms with Gasteiger partial charge in [-0.05, 0) is 26.3 Å². The Morgan fingerprint density at radius 3 is 2.18 bits per heavy atom. The molecule has 0 bridgehead atoms. The summed E-state index contributed by atoms with van der Waals surface area (Å²) < 4.78 is 4.83. The predicted octanol–water partition coefficient (Wildman–Crippen LogP) is 1.95. The number of ether oxygens (including phenoxy) is 1. The van der Waals surface area contributed by atoms with Gasteiger partial charge < -0.3 is 4.74 Å². The van der Waals surface area contributed by atoms with Gasteiger partial charge in [0.15, 0.2) is 5.78 Å². The Balaban J connectivity index is 0.000000187. The van der Waals surface area contributed by atoms with Gasteiger partial charge in [0.25, 0.3) is 0 Å². The van der Waals surface area contributed by atoms with Crippen LogP contribution in [0.5, 0.6) is 0 Å². The molecule has 0 heterocycles. The van der Waals surface area contributed by atoms with Crippen molar-refractivity contribution in [2.24, 2.45) is 0 Å². The Morgan fingerprint density at radius 1 is 1.45 bits per heavy atom. The van der Waals surface area contributed by atoms with Crippen molar-refractivity contribution in [2.75, 3.05) is 13.2 Å². The van der Waals surface area contributed by atoms with Gasteiger partial charge in [-0.3, -0.25) is 4.79 Å². The van der Waals surface area contributed by atoms with Crippen molar-refractivity contribution in [1.82, 2.24) is 0 Å². The van der Waals surface area contributed by atoms with Crippen LogP contribution >= 0.6 is 0 Å². The maximum atomic E-state index is 10.2. The number of hydrogen-bond acceptors (Lipinski definition) is 2. The van der Waals surface area contributed by atoms with E-state index in [-0.39, 0.29) is 5.78 Å². The van der Waals surface area contributed by atoms with Crippen molar-refractivity contribution in [2.45, 2.75) is 26.7 Å². The van der Waals surface area contributed by atoms with E-state index in [1.165, 1.54) is 0 Å². The van der Waals surface area contributed by atoms with Gasteiger partial charge in [-0.1, -0.05) is 6.08 Å². The van der Waals surface area contributed by atoms with E-state index in [1.54, 1.807) is 6.08 Å². The third-order valence-corrected chi connectivity index (χ3v) is 1.27. The number of carbonyl (C=O) groups is 1. The molecule has 1 rings (SSSR count). The molecule has 0 aromatic heterocycles. The maximum absolute atomic E-state index is 10.2. The third kappa shape index (κ3) is 7.26. The Bertz CT molecular complexity index is 126. The lowest BCUT2D eigenvalue weighted by Gasteiger charge is -1.86. The number of ketones is 1. The molecule has 0 aliphatic heterocycles. The lowest BCUT2D eigenvalue weighted by Crippen LogP contribution is -1.84. The largest absolute Gasteiger partial charge is 0.382 e. The van der Waals surface area contributed by atoms with Crippen molar-refractivity contribution in [3.63, 3.8) is 0 Å². The topological polar surface area (TPSA) is 26.3 Å². The highest BCUT2D eigenvalue weighted by Crippen LogP contribution is 2.01. The van der Waals surface area contributed by atoms with Crippen molar-refractivity contribution in [1.29, 1.82) is 0 Å². The fraction of sp³-hybridized carbons (Fsp3) is 0.667. The highest BCUT2D eigenvalue weighted by molar-refractivity contribution is 5.91. The standard InChI is InChI=1S/C5H6O.C4H10O/c6-5-3-1-2-4-5;1-3-5-4-2/h1,3H,2,4H2;3-4H2,1-2H3. The van der Waals surface area contributed by atoms with E-state index in [2.05, 4.69) is 0 Å². The van der Waals surface area contributed by atoms with Gasteiger partial charge in [0.2, 0.25) is 0 Å². The van der Waals surface area contributed by atoms with Crippen LogP contribution in [-0.4, -0.2) is 19.0 Å². The van der Waals surface area contributed by atoms with Crippen LogP contribution in [0.15, 0.2) is 12.2 Å². The lowest BCUT2D eigenvalue weighted by molar-refractivity contribution is -0.114. The van der Waals surface area contributed by atoms with E-state index in [0.717, 1.165) is 26.1 Å². The SMILES string of the molecule is CCOCC.O=C1C=CCC1. The summed E-state index contributed by atoms with van der Waals surface area (Å²) in [6.45, 7) is 5.67. The first-order valence-corrected chi connectivity index (χ1v) is 4.08. The molecular formula is C9H16O2. The van der Waals surface area contributed by atoms with Crippen LogP contribution in [0, 0.1) is 0 Å². The predicted molar refractivity (Wildman–Crippen MR) is 45.5 cm³/mol. The molecule has 0 atom stereocenters. The Morgan fingerprint density at radius 2 is 2.09 bits per heavy atom. The van der Waals surface area contributed by atoms with Crippen molar-refractivity contribution in [3.8, 4) is 0 Å². The molecule has 0 saturated heterocycles. The summed E-state index contributed by atoms with van der Waals surface area (Å²) in [6.07, 6.45) is 5.24. The zero-order valence-corrected chi connectivity index (χ0v) is 7.30. The maximum Gasteiger partial charge on any atom is 0.155 e. The summed E-state index contributed by atoms with van der Waals surface area (Å²) >= 11 is 0. The van der Waals surface area contributed by atoms with Gasteiger partial charge in [0.1, 0.15) is 0 Å². The Hall–Kier alpha value is -0.630. The van der Waals surface area contributed by atoms with Crippen molar-refractivity contribution in [3.05, 3.63) is 12.2 Å². The van der Waals surface area contributed by atoms with Crippen molar-refractivity contribution >= 4 is 5.78 Å². The number of rotatable bonds is 2. The second-order valence-electron chi connectivity index (χ2n) is 2.19. The molecule has 1 aliphatic rings. The van der Waals surface area contributed by atoms with Gasteiger partial charge in [0.05, 0.1) is 0 Å². The fourth-order valence-electron chi connectivity index (χ4n) is 0.728. The quantitative estimate of drug-likeness (QED) is 0.610. The van der Waals surface area contributed by atoms with Gasteiger partial charge in [-0.15, -0.1) is 0 Å². The monoisotopic (exact) mass is 156 g/mol. The van der Waals surface area contributed by atoms with Crippen LogP contribution in [0.1, 0.15) is 26.7 Å². The molecule has 0 aromatic rings. The van der Waals surface area contributed by atoms with Crippen LogP contribution in [0.2, 0.25) is 0 Å². The average Bonchev–Trinajstić information content (AvgIpc) is 2.43. The van der Waals surface area contributed by atoms with E-state index < -0.39 is 0 Å². The first-order chi connectivity index (χ1) is 5.31. The van der Waals surface area contributed by atoms with E-state index in [4.69, 9.17) is 4.74 Å². The zero-order chi connectivity index (χ0) is 8.53. The van der Waals surface area contributed by atoms with Crippen LogP contribution in [0.3, 0.4) is 0 Å². The van der Waals surface area contributed by atoms with Gasteiger partial charge in [-0.2, -0.15) is 0 Å². The summed E-state index contributed by atoms with van der Waals surface area (Å²) in [4.78, 5) is 10.2. The van der Waals surface area contributed by atoms with E-state index >= 15 is 0 Å².